The molecule has 326 valence electrons. The van der Waals surface area contributed by atoms with E-state index in [4.69, 9.17) is 56.8 Å². The highest BCUT2D eigenvalue weighted by Crippen LogP contribution is 2.34. The fourth-order valence-corrected chi connectivity index (χ4v) is 6.50. The van der Waals surface area contributed by atoms with E-state index in [0.717, 1.165) is 77.0 Å². The van der Waals surface area contributed by atoms with Crippen LogP contribution in [0.1, 0.15) is 125 Å². The van der Waals surface area contributed by atoms with Crippen LogP contribution in [0.15, 0.2) is 36.7 Å². The minimum absolute atomic E-state index is 0.302. The van der Waals surface area contributed by atoms with Gasteiger partial charge in [-0.05, 0) is 38.5 Å². The maximum absolute atomic E-state index is 7.04. The number of unbranched alkanes of at least 4 members (excludes halogenated alkanes) is 6. The number of ether oxygens (including phenoxy) is 12. The molecule has 0 N–H and O–H groups in total. The van der Waals surface area contributed by atoms with Crippen molar-refractivity contribution in [2.24, 2.45) is 0 Å². The Morgan fingerprint density at radius 1 is 0.661 bits per heavy atom. The van der Waals surface area contributed by atoms with Crippen molar-refractivity contribution in [3.63, 3.8) is 0 Å². The lowest BCUT2D eigenvalue weighted by molar-refractivity contribution is -0.343. The Bertz CT molecular complexity index is 1060. The van der Waals surface area contributed by atoms with Crippen molar-refractivity contribution in [3.05, 3.63) is 36.7 Å². The lowest BCUT2D eigenvalue weighted by Gasteiger charge is -2.48. The van der Waals surface area contributed by atoms with Gasteiger partial charge < -0.3 is 56.8 Å². The van der Waals surface area contributed by atoms with Crippen LogP contribution in [0.4, 0.5) is 0 Å². The molecule has 0 aromatic heterocycles. The Morgan fingerprint density at radius 2 is 1.25 bits per heavy atom. The zero-order valence-electron chi connectivity index (χ0n) is 35.8. The minimum Gasteiger partial charge on any atom is -0.492 e. The Kier molecular flexibility index (Phi) is 26.3. The molecule has 2 fully saturated rings. The van der Waals surface area contributed by atoms with Crippen LogP contribution in [0.2, 0.25) is 0 Å². The molecule has 3 aliphatic rings. The highest BCUT2D eigenvalue weighted by molar-refractivity contribution is 5.14. The van der Waals surface area contributed by atoms with Gasteiger partial charge in [-0.2, -0.15) is 0 Å². The fourth-order valence-electron chi connectivity index (χ4n) is 6.50. The molecule has 0 amide bonds. The summed E-state index contributed by atoms with van der Waals surface area (Å²) in [4.78, 5) is 0. The first kappa shape index (κ1) is 48.6. The summed E-state index contributed by atoms with van der Waals surface area (Å²) in [6.07, 6.45) is 12.7. The predicted octanol–water partition coefficient (Wildman–Crippen LogP) is 8.56. The van der Waals surface area contributed by atoms with Crippen molar-refractivity contribution in [1.82, 2.24) is 0 Å². The van der Waals surface area contributed by atoms with Gasteiger partial charge in [-0.3, -0.25) is 0 Å². The molecule has 8 unspecified atom stereocenters. The Morgan fingerprint density at radius 3 is 1.89 bits per heavy atom. The standard InChI is InChI=1S/C44H78O12/c1-8-15-23-45-31-37-40(56-39-30-35(47-25-17-10-3)36(33-53-39)48-26-18-11-4)34(21-29-49-37)54-44-43(52-28-20-13-6)42(50-22-14-7)41(51-27-19-12-5)38(55-44)32-46-24-16-9-2/h14,30,33-35,37-38,40-44H,7-13,15-29,31-32H2,1-6H3/t34?,35?,37-,38?,40?,41?,42?,43?,44?/m0/s1. The second-order valence-corrected chi connectivity index (χ2v) is 14.8. The van der Waals surface area contributed by atoms with E-state index in [9.17, 15) is 0 Å². The summed E-state index contributed by atoms with van der Waals surface area (Å²) >= 11 is 0. The van der Waals surface area contributed by atoms with Crippen molar-refractivity contribution in [3.8, 4) is 0 Å². The summed E-state index contributed by atoms with van der Waals surface area (Å²) in [5.74, 6) is 0.932. The van der Waals surface area contributed by atoms with Gasteiger partial charge in [-0.15, -0.1) is 6.58 Å². The third kappa shape index (κ3) is 17.2. The molecule has 0 aromatic rings. The van der Waals surface area contributed by atoms with E-state index in [-0.39, 0.29) is 0 Å². The predicted molar refractivity (Wildman–Crippen MR) is 216 cm³/mol. The van der Waals surface area contributed by atoms with E-state index in [2.05, 4.69) is 48.1 Å². The lowest BCUT2D eigenvalue weighted by atomic mass is 9.97. The maximum atomic E-state index is 7.04. The summed E-state index contributed by atoms with van der Waals surface area (Å²) in [5, 5.41) is 0. The zero-order valence-corrected chi connectivity index (χ0v) is 35.8. The molecule has 0 aromatic carbocycles. The van der Waals surface area contributed by atoms with Crippen LogP contribution >= 0.6 is 0 Å². The third-order valence-corrected chi connectivity index (χ3v) is 9.91. The Hall–Kier alpha value is -1.74. The second-order valence-electron chi connectivity index (χ2n) is 14.8. The third-order valence-electron chi connectivity index (χ3n) is 9.91. The van der Waals surface area contributed by atoms with E-state index >= 15 is 0 Å². The summed E-state index contributed by atoms with van der Waals surface area (Å²) in [5.41, 5.74) is 0. The molecule has 2 saturated heterocycles. The van der Waals surface area contributed by atoms with Gasteiger partial charge in [0, 0.05) is 52.1 Å². The van der Waals surface area contributed by atoms with E-state index < -0.39 is 55.1 Å². The second kappa shape index (κ2) is 30.3. The first-order valence-corrected chi connectivity index (χ1v) is 22.1. The van der Waals surface area contributed by atoms with Gasteiger partial charge in [0.2, 0.25) is 0 Å². The van der Waals surface area contributed by atoms with E-state index in [1.807, 2.05) is 6.08 Å². The number of hydrogen-bond donors (Lipinski definition) is 0. The molecule has 3 rings (SSSR count). The molecule has 12 heteroatoms. The van der Waals surface area contributed by atoms with Gasteiger partial charge >= 0.3 is 0 Å². The first-order chi connectivity index (χ1) is 27.5. The Balaban J connectivity index is 1.95. The van der Waals surface area contributed by atoms with Crippen LogP contribution in [0.5, 0.6) is 0 Å². The van der Waals surface area contributed by atoms with E-state index in [1.54, 1.807) is 12.3 Å². The lowest BCUT2D eigenvalue weighted by Crippen LogP contribution is -2.63. The number of rotatable bonds is 33. The van der Waals surface area contributed by atoms with Crippen LogP contribution in [-0.2, 0) is 56.8 Å². The molecule has 3 heterocycles. The van der Waals surface area contributed by atoms with Crippen molar-refractivity contribution in [2.45, 2.75) is 180 Å². The molecule has 0 saturated carbocycles. The summed E-state index contributed by atoms with van der Waals surface area (Å²) < 4.78 is 77.4. The SMILES string of the molecule is C=CCOC1C(OCCCC)C(COCCCC)OC(OC2CCO[C@@H](COCCCC)C2OC2=CC(OCCCC)C(OCCCC)=CO2)C1OCCCC. The van der Waals surface area contributed by atoms with Crippen LogP contribution in [0.3, 0.4) is 0 Å². The van der Waals surface area contributed by atoms with Crippen molar-refractivity contribution in [1.29, 1.82) is 0 Å². The van der Waals surface area contributed by atoms with Gasteiger partial charge in [0.15, 0.2) is 18.2 Å². The van der Waals surface area contributed by atoms with E-state index in [0.29, 0.717) is 84.2 Å². The topological polar surface area (TPSA) is 111 Å². The van der Waals surface area contributed by atoms with Gasteiger partial charge in [-0.1, -0.05) is 86.1 Å². The highest BCUT2D eigenvalue weighted by Gasteiger charge is 2.51. The molecule has 0 radical (unpaired) electrons. The maximum Gasteiger partial charge on any atom is 0.283 e. The van der Waals surface area contributed by atoms with Gasteiger partial charge in [-0.25, -0.2) is 0 Å². The largest absolute Gasteiger partial charge is 0.492 e. The quantitative estimate of drug-likeness (QED) is 0.0469. The molecule has 0 bridgehead atoms. The summed E-state index contributed by atoms with van der Waals surface area (Å²) in [7, 11) is 0. The van der Waals surface area contributed by atoms with Crippen LogP contribution in [0, 0.1) is 0 Å². The van der Waals surface area contributed by atoms with Gasteiger partial charge in [0.05, 0.1) is 26.4 Å². The van der Waals surface area contributed by atoms with Gasteiger partial charge in [0.25, 0.3) is 5.95 Å². The number of hydrogen-bond acceptors (Lipinski definition) is 12. The fraction of sp³-hybridized carbons (Fsp3) is 0.864. The smallest absolute Gasteiger partial charge is 0.283 e. The molecule has 3 aliphatic heterocycles. The normalized spacial score (nSPS) is 28.0. The van der Waals surface area contributed by atoms with Crippen molar-refractivity contribution >= 4 is 0 Å². The van der Waals surface area contributed by atoms with Crippen LogP contribution in [0.25, 0.3) is 0 Å². The van der Waals surface area contributed by atoms with Crippen LogP contribution in [-0.4, -0.2) is 121 Å². The first-order valence-electron chi connectivity index (χ1n) is 22.1. The molecular formula is C44H78O12. The van der Waals surface area contributed by atoms with Crippen molar-refractivity contribution < 1.29 is 56.8 Å². The molecular weight excluding hydrogens is 720 g/mol. The van der Waals surface area contributed by atoms with Crippen LogP contribution < -0.4 is 0 Å². The summed E-state index contributed by atoms with van der Waals surface area (Å²) in [6, 6.07) is 0. The monoisotopic (exact) mass is 799 g/mol. The van der Waals surface area contributed by atoms with E-state index in [1.165, 1.54) is 0 Å². The molecule has 9 atom stereocenters. The molecule has 0 aliphatic carbocycles. The molecule has 56 heavy (non-hydrogen) atoms. The average molecular weight is 799 g/mol. The average Bonchev–Trinajstić information content (AvgIpc) is 3.20. The molecule has 0 spiro atoms. The molecule has 12 nitrogen and oxygen atoms in total. The van der Waals surface area contributed by atoms with Gasteiger partial charge in [0.1, 0.15) is 49.0 Å². The van der Waals surface area contributed by atoms with Crippen molar-refractivity contribution in [2.75, 3.05) is 66.1 Å². The highest BCUT2D eigenvalue weighted by atomic mass is 16.7. The Labute approximate surface area is 339 Å². The zero-order chi connectivity index (χ0) is 40.2. The summed E-state index contributed by atoms with van der Waals surface area (Å²) in [6.45, 7) is 21.8. The minimum atomic E-state index is -0.812.